The van der Waals surface area contributed by atoms with E-state index in [2.05, 4.69) is 4.90 Å². The molecule has 1 aliphatic heterocycles. The normalized spacial score (nSPS) is 31.6. The van der Waals surface area contributed by atoms with Crippen molar-refractivity contribution in [1.82, 2.24) is 4.90 Å². The zero-order chi connectivity index (χ0) is 10.9. The van der Waals surface area contributed by atoms with Crippen LogP contribution in [0.15, 0.2) is 0 Å². The number of rotatable bonds is 2. The fraction of sp³-hybridized carbons (Fsp3) is 0.818. The predicted octanol–water partition coefficient (Wildman–Crippen LogP) is 0.978. The van der Waals surface area contributed by atoms with Gasteiger partial charge in [-0.25, -0.2) is 0 Å². The summed E-state index contributed by atoms with van der Waals surface area (Å²) in [5, 5.41) is 0. The zero-order valence-electron chi connectivity index (χ0n) is 9.41. The summed E-state index contributed by atoms with van der Waals surface area (Å²) in [6, 6.07) is 0. The second-order valence-electron chi connectivity index (χ2n) is 4.53. The second kappa shape index (κ2) is 4.22. The van der Waals surface area contributed by atoms with Crippen LogP contribution in [0, 0.1) is 17.8 Å². The average molecular weight is 197 g/mol. The van der Waals surface area contributed by atoms with E-state index in [9.17, 15) is 9.59 Å². The highest BCUT2D eigenvalue weighted by molar-refractivity contribution is 5.90. The van der Waals surface area contributed by atoms with Gasteiger partial charge in [-0.05, 0) is 14.0 Å². The maximum absolute atomic E-state index is 11.8. The Labute approximate surface area is 85.5 Å². The summed E-state index contributed by atoms with van der Waals surface area (Å²) < 4.78 is 0. The van der Waals surface area contributed by atoms with E-state index in [0.717, 1.165) is 13.1 Å². The molecule has 3 heteroatoms. The topological polar surface area (TPSA) is 37.4 Å². The van der Waals surface area contributed by atoms with Gasteiger partial charge in [0.25, 0.3) is 0 Å². The van der Waals surface area contributed by atoms with Crippen LogP contribution in [0.1, 0.15) is 20.8 Å². The fourth-order valence-electron chi connectivity index (χ4n) is 2.11. The molecule has 0 radical (unpaired) electrons. The second-order valence-corrected chi connectivity index (χ2v) is 4.53. The van der Waals surface area contributed by atoms with E-state index in [1.54, 1.807) is 6.92 Å². The molecule has 0 aliphatic carbocycles. The highest BCUT2D eigenvalue weighted by atomic mass is 16.1. The number of hydrogen-bond donors (Lipinski definition) is 0. The molecule has 1 aliphatic rings. The number of carbonyl (C=O) groups excluding carboxylic acids is 2. The van der Waals surface area contributed by atoms with E-state index in [1.165, 1.54) is 0 Å². The number of piperidine rings is 1. The highest BCUT2D eigenvalue weighted by Crippen LogP contribution is 2.23. The molecule has 0 saturated carbocycles. The minimum absolute atomic E-state index is 0.0700. The Morgan fingerprint density at radius 3 is 2.57 bits per heavy atom. The smallest absolute Gasteiger partial charge is 0.142 e. The third kappa shape index (κ3) is 2.21. The van der Waals surface area contributed by atoms with E-state index >= 15 is 0 Å². The van der Waals surface area contributed by atoms with Crippen molar-refractivity contribution in [3.63, 3.8) is 0 Å². The van der Waals surface area contributed by atoms with Gasteiger partial charge in [0.2, 0.25) is 0 Å². The van der Waals surface area contributed by atoms with Crippen molar-refractivity contribution < 1.29 is 9.59 Å². The molecule has 0 aromatic carbocycles. The van der Waals surface area contributed by atoms with Gasteiger partial charge in [0, 0.05) is 30.8 Å². The van der Waals surface area contributed by atoms with Crippen LogP contribution >= 0.6 is 0 Å². The van der Waals surface area contributed by atoms with Crippen LogP contribution in [0.5, 0.6) is 0 Å². The highest BCUT2D eigenvalue weighted by Gasteiger charge is 2.35. The molecule has 0 aromatic rings. The van der Waals surface area contributed by atoms with Crippen LogP contribution < -0.4 is 0 Å². The largest absolute Gasteiger partial charge is 0.305 e. The van der Waals surface area contributed by atoms with Crippen molar-refractivity contribution >= 4 is 11.6 Å². The van der Waals surface area contributed by atoms with Crippen LogP contribution in [0.3, 0.4) is 0 Å². The monoisotopic (exact) mass is 197 g/mol. The van der Waals surface area contributed by atoms with Gasteiger partial charge in [-0.3, -0.25) is 9.59 Å². The molecule has 1 fully saturated rings. The Morgan fingerprint density at radius 1 is 1.50 bits per heavy atom. The van der Waals surface area contributed by atoms with Gasteiger partial charge in [-0.15, -0.1) is 0 Å². The molecule has 3 nitrogen and oxygen atoms in total. The Bertz CT molecular complexity index is 250. The standard InChI is InChI=1S/C11H19NO2/c1-7-5-12(4)6-10(11(7)14)8(2)9(3)13/h7-8,10H,5-6H2,1-4H3. The van der Waals surface area contributed by atoms with E-state index in [-0.39, 0.29) is 29.3 Å². The van der Waals surface area contributed by atoms with Gasteiger partial charge >= 0.3 is 0 Å². The van der Waals surface area contributed by atoms with Gasteiger partial charge < -0.3 is 4.90 Å². The van der Waals surface area contributed by atoms with E-state index in [4.69, 9.17) is 0 Å². The molecule has 0 N–H and O–H groups in total. The molecule has 80 valence electrons. The van der Waals surface area contributed by atoms with Gasteiger partial charge in [-0.1, -0.05) is 13.8 Å². The molecular weight excluding hydrogens is 178 g/mol. The lowest BCUT2D eigenvalue weighted by Gasteiger charge is -2.35. The first-order valence-electron chi connectivity index (χ1n) is 5.16. The summed E-state index contributed by atoms with van der Waals surface area (Å²) in [4.78, 5) is 25.2. The summed E-state index contributed by atoms with van der Waals surface area (Å²) in [7, 11) is 2.00. The molecule has 1 saturated heterocycles. The van der Waals surface area contributed by atoms with Crippen molar-refractivity contribution in [1.29, 1.82) is 0 Å². The molecule has 14 heavy (non-hydrogen) atoms. The first kappa shape index (κ1) is 11.4. The van der Waals surface area contributed by atoms with E-state index in [0.29, 0.717) is 0 Å². The molecule has 1 rings (SSSR count). The summed E-state index contributed by atoms with van der Waals surface area (Å²) >= 11 is 0. The quantitative estimate of drug-likeness (QED) is 0.662. The number of hydrogen-bond acceptors (Lipinski definition) is 3. The molecule has 0 aromatic heterocycles. The zero-order valence-corrected chi connectivity index (χ0v) is 9.41. The molecule has 3 atom stereocenters. The Hall–Kier alpha value is -0.700. The van der Waals surface area contributed by atoms with Crippen molar-refractivity contribution in [2.45, 2.75) is 20.8 Å². The molecule has 1 heterocycles. The fourth-order valence-corrected chi connectivity index (χ4v) is 2.11. The van der Waals surface area contributed by atoms with Crippen LogP contribution in [0.4, 0.5) is 0 Å². The van der Waals surface area contributed by atoms with Crippen molar-refractivity contribution in [2.75, 3.05) is 20.1 Å². The molecule has 3 unspecified atom stereocenters. The minimum Gasteiger partial charge on any atom is -0.305 e. The van der Waals surface area contributed by atoms with E-state index in [1.807, 2.05) is 20.9 Å². The van der Waals surface area contributed by atoms with Crippen molar-refractivity contribution in [2.24, 2.45) is 17.8 Å². The molecule has 0 bridgehead atoms. The first-order chi connectivity index (χ1) is 6.43. The van der Waals surface area contributed by atoms with Crippen LogP contribution in [-0.4, -0.2) is 36.6 Å². The van der Waals surface area contributed by atoms with E-state index < -0.39 is 0 Å². The van der Waals surface area contributed by atoms with Gasteiger partial charge in [-0.2, -0.15) is 0 Å². The molecule has 0 spiro atoms. The third-order valence-corrected chi connectivity index (χ3v) is 3.19. The number of nitrogens with zero attached hydrogens (tertiary/aromatic N) is 1. The lowest BCUT2D eigenvalue weighted by atomic mass is 9.80. The summed E-state index contributed by atoms with van der Waals surface area (Å²) in [6.07, 6.45) is 0. The Kier molecular flexibility index (Phi) is 3.43. The van der Waals surface area contributed by atoms with Gasteiger partial charge in [0.15, 0.2) is 0 Å². The van der Waals surface area contributed by atoms with Gasteiger partial charge in [0.1, 0.15) is 11.6 Å². The summed E-state index contributed by atoms with van der Waals surface area (Å²) in [5.74, 6) is 0.214. The number of carbonyl (C=O) groups is 2. The van der Waals surface area contributed by atoms with Crippen molar-refractivity contribution in [3.05, 3.63) is 0 Å². The summed E-state index contributed by atoms with van der Waals surface area (Å²) in [5.41, 5.74) is 0. The number of Topliss-reactive ketones (excluding diaryl/α,β-unsaturated/α-hetero) is 2. The van der Waals surface area contributed by atoms with Crippen molar-refractivity contribution in [3.8, 4) is 0 Å². The average Bonchev–Trinajstić information content (AvgIpc) is 2.09. The van der Waals surface area contributed by atoms with Crippen LogP contribution in [-0.2, 0) is 9.59 Å². The number of ketones is 2. The lowest BCUT2D eigenvalue weighted by molar-refractivity contribution is -0.137. The first-order valence-corrected chi connectivity index (χ1v) is 5.16. The molecule has 0 amide bonds. The Morgan fingerprint density at radius 2 is 2.07 bits per heavy atom. The molecular formula is C11H19NO2. The van der Waals surface area contributed by atoms with Crippen LogP contribution in [0.2, 0.25) is 0 Å². The summed E-state index contributed by atoms with van der Waals surface area (Å²) in [6.45, 7) is 6.91. The number of likely N-dealkylation sites (tertiary alicyclic amines) is 1. The lowest BCUT2D eigenvalue weighted by Crippen LogP contribution is -2.47. The maximum Gasteiger partial charge on any atom is 0.142 e. The maximum atomic E-state index is 11.8. The third-order valence-electron chi connectivity index (χ3n) is 3.19. The predicted molar refractivity (Wildman–Crippen MR) is 55.0 cm³/mol. The van der Waals surface area contributed by atoms with Crippen LogP contribution in [0.25, 0.3) is 0 Å². The SMILES string of the molecule is CC(=O)C(C)C1CN(C)CC(C)C1=O. The minimum atomic E-state index is -0.132. The van der Waals surface area contributed by atoms with Gasteiger partial charge in [0.05, 0.1) is 0 Å². The Balaban J connectivity index is 2.76.